The predicted octanol–water partition coefficient (Wildman–Crippen LogP) is 2.27. The summed E-state index contributed by atoms with van der Waals surface area (Å²) in [6.45, 7) is 7.36. The third-order valence-electron chi connectivity index (χ3n) is 4.22. The SMILES string of the molecule is CC(C)C(=O)[C@H]([C@H](O)[C@H](C)CN(C)Cc1ccccc1)N(C)C. The Bertz CT molecular complexity index is 474. The molecule has 0 saturated heterocycles. The maximum Gasteiger partial charge on any atom is 0.155 e. The van der Waals surface area contributed by atoms with Gasteiger partial charge in [0, 0.05) is 19.0 Å². The van der Waals surface area contributed by atoms with Crippen LogP contribution < -0.4 is 0 Å². The molecular formula is C19H32N2O2. The van der Waals surface area contributed by atoms with Crippen LogP contribution in [0.15, 0.2) is 30.3 Å². The van der Waals surface area contributed by atoms with Gasteiger partial charge in [-0.25, -0.2) is 0 Å². The molecule has 0 radical (unpaired) electrons. The molecule has 0 aliphatic rings. The second-order valence-electron chi connectivity index (χ2n) is 7.12. The van der Waals surface area contributed by atoms with E-state index in [9.17, 15) is 9.90 Å². The van der Waals surface area contributed by atoms with Gasteiger partial charge >= 0.3 is 0 Å². The number of benzene rings is 1. The Morgan fingerprint density at radius 2 is 1.65 bits per heavy atom. The van der Waals surface area contributed by atoms with E-state index in [2.05, 4.69) is 17.0 Å². The summed E-state index contributed by atoms with van der Waals surface area (Å²) in [6, 6.07) is 9.82. The van der Waals surface area contributed by atoms with Crippen molar-refractivity contribution < 1.29 is 9.90 Å². The molecular weight excluding hydrogens is 288 g/mol. The van der Waals surface area contributed by atoms with Crippen LogP contribution in [0, 0.1) is 11.8 Å². The third kappa shape index (κ3) is 6.05. The topological polar surface area (TPSA) is 43.8 Å². The fraction of sp³-hybridized carbons (Fsp3) is 0.632. The number of likely N-dealkylation sites (N-methyl/N-ethyl adjacent to an activating group) is 1. The van der Waals surface area contributed by atoms with E-state index in [-0.39, 0.29) is 17.6 Å². The average molecular weight is 320 g/mol. The van der Waals surface area contributed by atoms with E-state index < -0.39 is 12.1 Å². The van der Waals surface area contributed by atoms with E-state index in [4.69, 9.17) is 0 Å². The van der Waals surface area contributed by atoms with Crippen LogP contribution >= 0.6 is 0 Å². The molecule has 4 heteroatoms. The van der Waals surface area contributed by atoms with Crippen molar-refractivity contribution in [3.63, 3.8) is 0 Å². The zero-order valence-corrected chi connectivity index (χ0v) is 15.4. The van der Waals surface area contributed by atoms with E-state index in [1.807, 2.05) is 65.0 Å². The number of aliphatic hydroxyl groups excluding tert-OH is 1. The number of rotatable bonds is 9. The van der Waals surface area contributed by atoms with Gasteiger partial charge in [0.2, 0.25) is 0 Å². The molecule has 1 aromatic carbocycles. The summed E-state index contributed by atoms with van der Waals surface area (Å²) in [5.41, 5.74) is 1.25. The van der Waals surface area contributed by atoms with Crippen molar-refractivity contribution in [1.82, 2.24) is 9.80 Å². The largest absolute Gasteiger partial charge is 0.391 e. The summed E-state index contributed by atoms with van der Waals surface area (Å²) in [7, 11) is 5.76. The minimum Gasteiger partial charge on any atom is -0.391 e. The molecule has 1 aromatic rings. The standard InChI is InChI=1S/C19H32N2O2/c1-14(2)18(22)17(20(4)5)19(23)15(3)12-21(6)13-16-10-8-7-9-11-16/h7-11,14-15,17,19,23H,12-13H2,1-6H3/t15-,17-,19-/m1/s1. The van der Waals surface area contributed by atoms with Crippen LogP contribution in [-0.2, 0) is 11.3 Å². The van der Waals surface area contributed by atoms with Gasteiger partial charge in [0.05, 0.1) is 12.1 Å². The van der Waals surface area contributed by atoms with E-state index in [0.29, 0.717) is 0 Å². The molecule has 0 bridgehead atoms. The first-order chi connectivity index (χ1) is 10.7. The minimum absolute atomic E-state index is 0.0128. The van der Waals surface area contributed by atoms with E-state index >= 15 is 0 Å². The van der Waals surface area contributed by atoms with E-state index in [0.717, 1.165) is 13.1 Å². The van der Waals surface area contributed by atoms with Gasteiger partial charge in [0.1, 0.15) is 0 Å². The summed E-state index contributed by atoms with van der Waals surface area (Å²) in [5, 5.41) is 10.7. The molecule has 0 saturated carbocycles. The fourth-order valence-corrected chi connectivity index (χ4v) is 2.94. The Balaban J connectivity index is 2.66. The van der Waals surface area contributed by atoms with E-state index in [1.54, 1.807) is 0 Å². The van der Waals surface area contributed by atoms with Gasteiger partial charge < -0.3 is 10.0 Å². The second-order valence-corrected chi connectivity index (χ2v) is 7.12. The van der Waals surface area contributed by atoms with Gasteiger partial charge in [0.25, 0.3) is 0 Å². The van der Waals surface area contributed by atoms with Crippen molar-refractivity contribution in [3.8, 4) is 0 Å². The molecule has 0 amide bonds. The summed E-state index contributed by atoms with van der Waals surface area (Å²) < 4.78 is 0. The van der Waals surface area contributed by atoms with Crippen molar-refractivity contribution in [2.75, 3.05) is 27.7 Å². The van der Waals surface area contributed by atoms with Gasteiger partial charge in [-0.2, -0.15) is 0 Å². The highest BCUT2D eigenvalue weighted by Gasteiger charge is 2.33. The van der Waals surface area contributed by atoms with Crippen molar-refractivity contribution in [2.24, 2.45) is 11.8 Å². The number of Topliss-reactive ketones (excluding diaryl/α,β-unsaturated/α-hetero) is 1. The average Bonchev–Trinajstić information content (AvgIpc) is 2.47. The van der Waals surface area contributed by atoms with Gasteiger partial charge in [0.15, 0.2) is 5.78 Å². The Morgan fingerprint density at radius 1 is 1.09 bits per heavy atom. The lowest BCUT2D eigenvalue weighted by atomic mass is 9.89. The molecule has 3 atom stereocenters. The van der Waals surface area contributed by atoms with Crippen molar-refractivity contribution in [3.05, 3.63) is 35.9 Å². The highest BCUT2D eigenvalue weighted by molar-refractivity contribution is 5.86. The number of ketones is 1. The molecule has 0 aromatic heterocycles. The Kier molecular flexibility index (Phi) is 7.89. The first kappa shape index (κ1) is 19.8. The maximum absolute atomic E-state index is 12.4. The lowest BCUT2D eigenvalue weighted by Gasteiger charge is -2.34. The summed E-state index contributed by atoms with van der Waals surface area (Å²) in [5.74, 6) is 0.0326. The van der Waals surface area contributed by atoms with Crippen LogP contribution in [0.25, 0.3) is 0 Å². The zero-order valence-electron chi connectivity index (χ0n) is 15.4. The first-order valence-electron chi connectivity index (χ1n) is 8.34. The number of aliphatic hydroxyl groups is 1. The van der Waals surface area contributed by atoms with Crippen molar-refractivity contribution in [1.29, 1.82) is 0 Å². The summed E-state index contributed by atoms with van der Waals surface area (Å²) in [4.78, 5) is 16.4. The van der Waals surface area contributed by atoms with Crippen LogP contribution in [0.1, 0.15) is 26.3 Å². The molecule has 1 N–H and O–H groups in total. The van der Waals surface area contributed by atoms with Crippen LogP contribution in [0.3, 0.4) is 0 Å². The smallest absolute Gasteiger partial charge is 0.155 e. The molecule has 0 heterocycles. The number of carbonyl (C=O) groups excluding carboxylic acids is 1. The monoisotopic (exact) mass is 320 g/mol. The molecule has 4 nitrogen and oxygen atoms in total. The highest BCUT2D eigenvalue weighted by Crippen LogP contribution is 2.17. The van der Waals surface area contributed by atoms with Gasteiger partial charge in [-0.1, -0.05) is 51.1 Å². The normalized spacial score (nSPS) is 15.9. The molecule has 1 rings (SSSR count). The molecule has 0 unspecified atom stereocenters. The quantitative estimate of drug-likeness (QED) is 0.758. The lowest BCUT2D eigenvalue weighted by Crippen LogP contribution is -2.51. The van der Waals surface area contributed by atoms with E-state index in [1.165, 1.54) is 5.56 Å². The number of nitrogens with zero attached hydrogens (tertiary/aromatic N) is 2. The molecule has 0 fully saturated rings. The molecule has 0 aliphatic heterocycles. The Labute approximate surface area is 141 Å². The number of carbonyl (C=O) groups is 1. The minimum atomic E-state index is -0.668. The molecule has 0 aliphatic carbocycles. The molecule has 23 heavy (non-hydrogen) atoms. The first-order valence-corrected chi connectivity index (χ1v) is 8.34. The number of hydrogen-bond acceptors (Lipinski definition) is 4. The van der Waals surface area contributed by atoms with Crippen LogP contribution in [0.2, 0.25) is 0 Å². The zero-order chi connectivity index (χ0) is 17.6. The second kappa shape index (κ2) is 9.16. The number of hydrogen-bond donors (Lipinski definition) is 1. The Morgan fingerprint density at radius 3 is 2.13 bits per heavy atom. The predicted molar refractivity (Wildman–Crippen MR) is 95.3 cm³/mol. The lowest BCUT2D eigenvalue weighted by molar-refractivity contribution is -0.131. The van der Waals surface area contributed by atoms with Crippen LogP contribution in [0.4, 0.5) is 0 Å². The van der Waals surface area contributed by atoms with Gasteiger partial charge in [-0.05, 0) is 32.6 Å². The third-order valence-corrected chi connectivity index (χ3v) is 4.22. The Hall–Kier alpha value is -1.23. The maximum atomic E-state index is 12.4. The summed E-state index contributed by atoms with van der Waals surface area (Å²) in [6.07, 6.45) is -0.668. The summed E-state index contributed by atoms with van der Waals surface area (Å²) >= 11 is 0. The fourth-order valence-electron chi connectivity index (χ4n) is 2.94. The molecule has 130 valence electrons. The van der Waals surface area contributed by atoms with Gasteiger partial charge in [-0.15, -0.1) is 0 Å². The highest BCUT2D eigenvalue weighted by atomic mass is 16.3. The molecule has 0 spiro atoms. The van der Waals surface area contributed by atoms with Gasteiger partial charge in [-0.3, -0.25) is 9.69 Å². The van der Waals surface area contributed by atoms with Crippen molar-refractivity contribution >= 4 is 5.78 Å². The van der Waals surface area contributed by atoms with Crippen molar-refractivity contribution in [2.45, 2.75) is 39.5 Å². The van der Waals surface area contributed by atoms with Crippen LogP contribution in [-0.4, -0.2) is 60.5 Å². The van der Waals surface area contributed by atoms with Crippen LogP contribution in [0.5, 0.6) is 0 Å².